The second-order valence-electron chi connectivity index (χ2n) is 6.27. The molecule has 2 aliphatic rings. The molecule has 0 spiro atoms. The second-order valence-corrected chi connectivity index (χ2v) is 6.27. The van der Waals surface area contributed by atoms with Crippen LogP contribution in [0.3, 0.4) is 0 Å². The quantitative estimate of drug-likeness (QED) is 0.786. The van der Waals surface area contributed by atoms with E-state index in [-0.39, 0.29) is 5.91 Å². The number of carbonyl (C=O) groups excluding carboxylic acids is 1. The van der Waals surface area contributed by atoms with Crippen molar-refractivity contribution in [3.05, 3.63) is 0 Å². The predicted molar refractivity (Wildman–Crippen MR) is 77.8 cm³/mol. The van der Waals surface area contributed by atoms with Gasteiger partial charge in [-0.15, -0.1) is 0 Å². The van der Waals surface area contributed by atoms with E-state index >= 15 is 0 Å². The van der Waals surface area contributed by atoms with Gasteiger partial charge in [-0.1, -0.05) is 0 Å². The van der Waals surface area contributed by atoms with Gasteiger partial charge in [-0.05, 0) is 64.0 Å². The second kappa shape index (κ2) is 7.05. The Morgan fingerprint density at radius 3 is 2.80 bits per heavy atom. The molecule has 5 heteroatoms. The summed E-state index contributed by atoms with van der Waals surface area (Å²) in [7, 11) is 0. The van der Waals surface area contributed by atoms with E-state index in [2.05, 4.69) is 16.3 Å². The van der Waals surface area contributed by atoms with E-state index in [1.165, 1.54) is 6.42 Å². The molecule has 0 aromatic rings. The average Bonchev–Trinajstić information content (AvgIpc) is 2.88. The summed E-state index contributed by atoms with van der Waals surface area (Å²) in [6.45, 7) is 3.09. The van der Waals surface area contributed by atoms with Crippen LogP contribution in [0, 0.1) is 17.2 Å². The Morgan fingerprint density at radius 2 is 2.15 bits per heavy atom. The van der Waals surface area contributed by atoms with Crippen LogP contribution in [0.1, 0.15) is 44.9 Å². The monoisotopic (exact) mass is 278 g/mol. The first-order valence-corrected chi connectivity index (χ1v) is 7.82. The zero-order valence-electron chi connectivity index (χ0n) is 12.2. The van der Waals surface area contributed by atoms with Gasteiger partial charge >= 0.3 is 0 Å². The Bertz CT molecular complexity index is 369. The predicted octanol–water partition coefficient (Wildman–Crippen LogP) is 1.000. The van der Waals surface area contributed by atoms with Gasteiger partial charge in [0.15, 0.2) is 0 Å². The third-order valence-electron chi connectivity index (χ3n) is 4.60. The van der Waals surface area contributed by atoms with Crippen LogP contribution >= 0.6 is 0 Å². The summed E-state index contributed by atoms with van der Waals surface area (Å²) >= 11 is 0. The third kappa shape index (κ3) is 3.94. The van der Waals surface area contributed by atoms with Crippen LogP contribution in [0.2, 0.25) is 0 Å². The zero-order valence-corrected chi connectivity index (χ0v) is 12.2. The summed E-state index contributed by atoms with van der Waals surface area (Å²) < 4.78 is 0. The summed E-state index contributed by atoms with van der Waals surface area (Å²) in [5.41, 5.74) is 5.02. The lowest BCUT2D eigenvalue weighted by Crippen LogP contribution is -2.50. The molecule has 0 radical (unpaired) electrons. The molecule has 112 valence electrons. The number of carbonyl (C=O) groups is 1. The first-order valence-electron chi connectivity index (χ1n) is 7.82. The molecule has 5 nitrogen and oxygen atoms in total. The van der Waals surface area contributed by atoms with Crippen molar-refractivity contribution >= 4 is 5.91 Å². The molecule has 1 aliphatic heterocycles. The van der Waals surface area contributed by atoms with Crippen LogP contribution in [0.5, 0.6) is 0 Å². The number of nitrogens with two attached hydrogens (primary N) is 1. The van der Waals surface area contributed by atoms with Gasteiger partial charge in [0.2, 0.25) is 5.91 Å². The van der Waals surface area contributed by atoms with Crippen molar-refractivity contribution in [1.82, 2.24) is 10.2 Å². The van der Waals surface area contributed by atoms with Crippen molar-refractivity contribution in [3.8, 4) is 6.07 Å². The Labute approximate surface area is 121 Å². The molecule has 1 aliphatic carbocycles. The van der Waals surface area contributed by atoms with E-state index in [9.17, 15) is 10.1 Å². The fourth-order valence-corrected chi connectivity index (χ4v) is 3.52. The topological polar surface area (TPSA) is 82.2 Å². The Morgan fingerprint density at radius 1 is 1.40 bits per heavy atom. The van der Waals surface area contributed by atoms with E-state index in [0.717, 1.165) is 58.2 Å². The number of nitrogens with one attached hydrogen (secondary N) is 1. The highest BCUT2D eigenvalue weighted by Crippen LogP contribution is 2.28. The minimum absolute atomic E-state index is 0.00171. The van der Waals surface area contributed by atoms with Crippen molar-refractivity contribution in [3.63, 3.8) is 0 Å². The molecule has 1 saturated carbocycles. The standard InChI is InChI=1S/C15H26N4O/c16-8-5-13-4-3-9-19(10-13)11-14(20)18-15(12-17)6-1-2-7-15/h13H,1-11,16H2,(H,18,20). The highest BCUT2D eigenvalue weighted by molar-refractivity contribution is 5.79. The van der Waals surface area contributed by atoms with Crippen LogP contribution in [0.25, 0.3) is 0 Å². The highest BCUT2D eigenvalue weighted by Gasteiger charge is 2.35. The summed E-state index contributed by atoms with van der Waals surface area (Å²) in [4.78, 5) is 14.4. The van der Waals surface area contributed by atoms with E-state index in [1.807, 2.05) is 0 Å². The van der Waals surface area contributed by atoms with Crippen LogP contribution in [-0.4, -0.2) is 42.5 Å². The van der Waals surface area contributed by atoms with Gasteiger partial charge in [-0.25, -0.2) is 0 Å². The molecular weight excluding hydrogens is 252 g/mol. The molecule has 0 bridgehead atoms. The van der Waals surface area contributed by atoms with Gasteiger partial charge in [0.1, 0.15) is 5.54 Å². The van der Waals surface area contributed by atoms with E-state index in [0.29, 0.717) is 12.5 Å². The molecule has 2 fully saturated rings. The zero-order chi connectivity index (χ0) is 14.4. The first-order chi connectivity index (χ1) is 9.67. The smallest absolute Gasteiger partial charge is 0.235 e. The number of amides is 1. The maximum atomic E-state index is 12.2. The molecule has 1 saturated heterocycles. The van der Waals surface area contributed by atoms with Gasteiger partial charge < -0.3 is 11.1 Å². The van der Waals surface area contributed by atoms with Crippen molar-refractivity contribution < 1.29 is 4.79 Å². The molecule has 1 heterocycles. The van der Waals surface area contributed by atoms with E-state index in [4.69, 9.17) is 5.73 Å². The minimum Gasteiger partial charge on any atom is -0.337 e. The molecule has 1 amide bonds. The van der Waals surface area contributed by atoms with Gasteiger partial charge in [-0.2, -0.15) is 5.26 Å². The molecule has 0 aromatic heterocycles. The van der Waals surface area contributed by atoms with Gasteiger partial charge in [0.25, 0.3) is 0 Å². The number of nitrogens with zero attached hydrogens (tertiary/aromatic N) is 2. The number of piperidine rings is 1. The lowest BCUT2D eigenvalue weighted by atomic mass is 9.95. The number of rotatable bonds is 5. The molecule has 1 unspecified atom stereocenters. The lowest BCUT2D eigenvalue weighted by molar-refractivity contribution is -0.124. The molecule has 2 rings (SSSR count). The normalized spacial score (nSPS) is 26.1. The number of hydrogen-bond acceptors (Lipinski definition) is 4. The Hall–Kier alpha value is -1.12. The van der Waals surface area contributed by atoms with Crippen LogP contribution in [-0.2, 0) is 4.79 Å². The molecular formula is C15H26N4O. The minimum atomic E-state index is -0.594. The first kappa shape index (κ1) is 15.3. The van der Waals surface area contributed by atoms with Gasteiger partial charge in [0, 0.05) is 6.54 Å². The summed E-state index contributed by atoms with van der Waals surface area (Å²) in [5, 5.41) is 12.3. The fourth-order valence-electron chi connectivity index (χ4n) is 3.52. The van der Waals surface area contributed by atoms with Crippen LogP contribution in [0.4, 0.5) is 0 Å². The van der Waals surface area contributed by atoms with Crippen LogP contribution < -0.4 is 11.1 Å². The summed E-state index contributed by atoms with van der Waals surface area (Å²) in [5.74, 6) is 0.625. The molecule has 0 aromatic carbocycles. The largest absolute Gasteiger partial charge is 0.337 e. The SMILES string of the molecule is N#CC1(NC(=O)CN2CCCC(CCN)C2)CCCC1. The lowest BCUT2D eigenvalue weighted by Gasteiger charge is -2.33. The number of likely N-dealkylation sites (tertiary alicyclic amines) is 1. The molecule has 1 atom stereocenters. The summed E-state index contributed by atoms with van der Waals surface area (Å²) in [6.07, 6.45) is 7.07. The maximum absolute atomic E-state index is 12.2. The number of hydrogen-bond donors (Lipinski definition) is 2. The summed E-state index contributed by atoms with van der Waals surface area (Å²) in [6, 6.07) is 2.31. The van der Waals surface area contributed by atoms with Crippen molar-refractivity contribution in [1.29, 1.82) is 5.26 Å². The Balaban J connectivity index is 1.80. The third-order valence-corrected chi connectivity index (χ3v) is 4.60. The van der Waals surface area contributed by atoms with Crippen LogP contribution in [0.15, 0.2) is 0 Å². The van der Waals surface area contributed by atoms with Crippen molar-refractivity contribution in [2.75, 3.05) is 26.2 Å². The average molecular weight is 278 g/mol. The molecule has 3 N–H and O–H groups in total. The van der Waals surface area contributed by atoms with Crippen molar-refractivity contribution in [2.24, 2.45) is 11.7 Å². The maximum Gasteiger partial charge on any atom is 0.235 e. The van der Waals surface area contributed by atoms with Crippen molar-refractivity contribution in [2.45, 2.75) is 50.5 Å². The van der Waals surface area contributed by atoms with E-state index in [1.54, 1.807) is 0 Å². The fraction of sp³-hybridized carbons (Fsp3) is 0.867. The Kier molecular flexibility index (Phi) is 5.38. The van der Waals surface area contributed by atoms with Gasteiger partial charge in [0.05, 0.1) is 12.6 Å². The van der Waals surface area contributed by atoms with E-state index < -0.39 is 5.54 Å². The highest BCUT2D eigenvalue weighted by atomic mass is 16.2. The molecule has 20 heavy (non-hydrogen) atoms. The number of nitriles is 1. The van der Waals surface area contributed by atoms with Gasteiger partial charge in [-0.3, -0.25) is 9.69 Å².